The molecule has 0 aliphatic rings. The SMILES string of the molecule is Cc1cc(C(=O)OC(C)CCC(=O)c2ccc[n+](C)c2)ccc1C(C)(C)C. The predicted molar refractivity (Wildman–Crippen MR) is 106 cm³/mol. The van der Waals surface area contributed by atoms with E-state index in [9.17, 15) is 9.59 Å². The van der Waals surface area contributed by atoms with Crippen molar-refractivity contribution < 1.29 is 18.9 Å². The first-order valence-electron chi connectivity index (χ1n) is 9.38. The number of hydrogen-bond acceptors (Lipinski definition) is 3. The van der Waals surface area contributed by atoms with Crippen LogP contribution < -0.4 is 4.57 Å². The zero-order valence-corrected chi connectivity index (χ0v) is 17.2. The number of benzene rings is 1. The van der Waals surface area contributed by atoms with Gasteiger partial charge in [0, 0.05) is 12.5 Å². The van der Waals surface area contributed by atoms with E-state index in [4.69, 9.17) is 4.74 Å². The number of hydrogen-bond donors (Lipinski definition) is 0. The Morgan fingerprint density at radius 3 is 2.44 bits per heavy atom. The number of aromatic nitrogens is 1. The second-order valence-corrected chi connectivity index (χ2v) is 8.22. The molecule has 1 aromatic heterocycles. The first-order valence-corrected chi connectivity index (χ1v) is 9.38. The Morgan fingerprint density at radius 1 is 1.15 bits per heavy atom. The van der Waals surface area contributed by atoms with Crippen LogP contribution in [0.1, 0.15) is 72.4 Å². The van der Waals surface area contributed by atoms with Gasteiger partial charge in [0.15, 0.2) is 18.2 Å². The second kappa shape index (κ2) is 8.47. The summed E-state index contributed by atoms with van der Waals surface area (Å²) in [6.45, 7) is 10.3. The lowest BCUT2D eigenvalue weighted by Gasteiger charge is -2.22. The average molecular weight is 368 g/mol. The highest BCUT2D eigenvalue weighted by Crippen LogP contribution is 2.26. The van der Waals surface area contributed by atoms with Crippen molar-refractivity contribution in [3.05, 3.63) is 65.0 Å². The molecule has 4 nitrogen and oxygen atoms in total. The maximum Gasteiger partial charge on any atom is 0.338 e. The molecule has 0 aliphatic carbocycles. The minimum Gasteiger partial charge on any atom is -0.459 e. The van der Waals surface area contributed by atoms with Gasteiger partial charge in [0.05, 0.1) is 17.2 Å². The maximum atomic E-state index is 12.4. The number of esters is 1. The minimum absolute atomic E-state index is 0.0360. The summed E-state index contributed by atoms with van der Waals surface area (Å²) in [6.07, 6.45) is 4.22. The van der Waals surface area contributed by atoms with E-state index in [2.05, 4.69) is 20.8 Å². The average Bonchev–Trinajstić information content (AvgIpc) is 2.58. The molecule has 4 heteroatoms. The number of ketones is 1. The zero-order chi connectivity index (χ0) is 20.2. The molecule has 1 unspecified atom stereocenters. The predicted octanol–water partition coefficient (Wildman–Crippen LogP) is 4.33. The van der Waals surface area contributed by atoms with Gasteiger partial charge in [0.1, 0.15) is 7.05 Å². The van der Waals surface area contributed by atoms with Crippen molar-refractivity contribution in [3.8, 4) is 0 Å². The molecule has 0 bridgehead atoms. The van der Waals surface area contributed by atoms with Gasteiger partial charge in [-0.25, -0.2) is 9.36 Å². The molecule has 0 saturated carbocycles. The van der Waals surface area contributed by atoms with Crippen molar-refractivity contribution in [2.75, 3.05) is 0 Å². The molecule has 2 rings (SSSR count). The summed E-state index contributed by atoms with van der Waals surface area (Å²) in [5.74, 6) is -0.288. The summed E-state index contributed by atoms with van der Waals surface area (Å²) in [6, 6.07) is 9.34. The van der Waals surface area contributed by atoms with E-state index in [0.29, 0.717) is 24.0 Å². The molecule has 27 heavy (non-hydrogen) atoms. The summed E-state index contributed by atoms with van der Waals surface area (Å²) in [4.78, 5) is 24.7. The van der Waals surface area contributed by atoms with Crippen LogP contribution in [0.4, 0.5) is 0 Å². The molecule has 0 radical (unpaired) electrons. The van der Waals surface area contributed by atoms with Crippen LogP contribution in [-0.4, -0.2) is 17.9 Å². The summed E-state index contributed by atoms with van der Waals surface area (Å²) in [5, 5.41) is 0. The first kappa shape index (κ1) is 20.8. The Morgan fingerprint density at radius 2 is 1.85 bits per heavy atom. The van der Waals surface area contributed by atoms with Gasteiger partial charge in [-0.2, -0.15) is 0 Å². The summed E-state index contributed by atoms with van der Waals surface area (Å²) >= 11 is 0. The highest BCUT2D eigenvalue weighted by atomic mass is 16.5. The van der Waals surface area contributed by atoms with Gasteiger partial charge in [-0.1, -0.05) is 26.8 Å². The second-order valence-electron chi connectivity index (χ2n) is 8.22. The molecular weight excluding hydrogens is 338 g/mol. The van der Waals surface area contributed by atoms with E-state index in [1.165, 1.54) is 5.56 Å². The van der Waals surface area contributed by atoms with Crippen LogP contribution in [0.5, 0.6) is 0 Å². The largest absolute Gasteiger partial charge is 0.459 e. The van der Waals surface area contributed by atoms with Crippen LogP contribution in [0, 0.1) is 6.92 Å². The molecule has 0 saturated heterocycles. The summed E-state index contributed by atoms with van der Waals surface area (Å²) < 4.78 is 7.38. The van der Waals surface area contributed by atoms with Gasteiger partial charge in [0.25, 0.3) is 0 Å². The Kier molecular flexibility index (Phi) is 6.53. The van der Waals surface area contributed by atoms with Gasteiger partial charge in [-0.05, 0) is 55.0 Å². The van der Waals surface area contributed by atoms with E-state index >= 15 is 0 Å². The number of aryl methyl sites for hydroxylation is 2. The van der Waals surface area contributed by atoms with Crippen LogP contribution in [0.3, 0.4) is 0 Å². The number of Topliss-reactive ketones (excluding diaryl/α,β-unsaturated/α-hetero) is 1. The van der Waals surface area contributed by atoms with Crippen molar-refractivity contribution in [1.82, 2.24) is 0 Å². The maximum absolute atomic E-state index is 12.4. The molecule has 0 fully saturated rings. The fourth-order valence-corrected chi connectivity index (χ4v) is 3.17. The Bertz CT molecular complexity index is 834. The Labute approximate surface area is 162 Å². The number of pyridine rings is 1. The van der Waals surface area contributed by atoms with E-state index in [-0.39, 0.29) is 23.3 Å². The Hall–Kier alpha value is -2.49. The van der Waals surface area contributed by atoms with Gasteiger partial charge in [-0.15, -0.1) is 0 Å². The van der Waals surface area contributed by atoms with Crippen LogP contribution in [0.25, 0.3) is 0 Å². The van der Waals surface area contributed by atoms with Crippen LogP contribution in [0.15, 0.2) is 42.7 Å². The lowest BCUT2D eigenvalue weighted by atomic mass is 9.83. The third-order valence-electron chi connectivity index (χ3n) is 4.62. The first-order chi connectivity index (χ1) is 12.6. The number of ether oxygens (including phenoxy) is 1. The van der Waals surface area contributed by atoms with E-state index in [0.717, 1.165) is 5.56 Å². The van der Waals surface area contributed by atoms with Crippen molar-refractivity contribution >= 4 is 11.8 Å². The van der Waals surface area contributed by atoms with Crippen LogP contribution >= 0.6 is 0 Å². The van der Waals surface area contributed by atoms with E-state index in [1.54, 1.807) is 12.3 Å². The molecule has 0 N–H and O–H groups in total. The summed E-state index contributed by atoms with van der Waals surface area (Å²) in [5.41, 5.74) is 3.56. The summed E-state index contributed by atoms with van der Waals surface area (Å²) in [7, 11) is 1.88. The lowest BCUT2D eigenvalue weighted by molar-refractivity contribution is -0.671. The molecule has 1 aromatic carbocycles. The Balaban J connectivity index is 1.93. The topological polar surface area (TPSA) is 47.3 Å². The normalized spacial score (nSPS) is 12.5. The van der Waals surface area contributed by atoms with E-state index < -0.39 is 0 Å². The zero-order valence-electron chi connectivity index (χ0n) is 17.2. The van der Waals surface area contributed by atoms with Crippen molar-refractivity contribution in [1.29, 1.82) is 0 Å². The number of carbonyl (C=O) groups excluding carboxylic acids is 2. The van der Waals surface area contributed by atoms with E-state index in [1.807, 2.05) is 55.9 Å². The van der Waals surface area contributed by atoms with Crippen molar-refractivity contribution in [2.45, 2.75) is 59.0 Å². The van der Waals surface area contributed by atoms with Gasteiger partial charge in [0.2, 0.25) is 0 Å². The minimum atomic E-state index is -0.343. The number of carbonyl (C=O) groups is 2. The molecule has 1 atom stereocenters. The van der Waals surface area contributed by atoms with Crippen molar-refractivity contribution in [3.63, 3.8) is 0 Å². The third kappa shape index (κ3) is 5.75. The number of nitrogens with zero attached hydrogens (tertiary/aromatic N) is 1. The van der Waals surface area contributed by atoms with Crippen LogP contribution in [0.2, 0.25) is 0 Å². The molecule has 0 amide bonds. The molecular formula is C23H30NO3+. The lowest BCUT2D eigenvalue weighted by Crippen LogP contribution is -2.27. The standard InChI is InChI=1S/C23H30NO3/c1-16-14-18(10-11-20(16)23(3,4)5)22(26)27-17(2)9-12-21(25)19-8-7-13-24(6)15-19/h7-8,10-11,13-15,17H,9,12H2,1-6H3/q+1. The van der Waals surface area contributed by atoms with Gasteiger partial charge < -0.3 is 4.74 Å². The highest BCUT2D eigenvalue weighted by molar-refractivity contribution is 5.95. The van der Waals surface area contributed by atoms with Crippen molar-refractivity contribution in [2.24, 2.45) is 7.05 Å². The fraction of sp³-hybridized carbons (Fsp3) is 0.435. The molecule has 0 spiro atoms. The number of rotatable bonds is 6. The van der Waals surface area contributed by atoms with Crippen LogP contribution in [-0.2, 0) is 17.2 Å². The molecule has 144 valence electrons. The monoisotopic (exact) mass is 368 g/mol. The molecule has 1 heterocycles. The highest BCUT2D eigenvalue weighted by Gasteiger charge is 2.19. The van der Waals surface area contributed by atoms with Gasteiger partial charge >= 0.3 is 5.97 Å². The third-order valence-corrected chi connectivity index (χ3v) is 4.62. The fourth-order valence-electron chi connectivity index (χ4n) is 3.17. The smallest absolute Gasteiger partial charge is 0.338 e. The quantitative estimate of drug-likeness (QED) is 0.433. The molecule has 0 aliphatic heterocycles. The molecule has 2 aromatic rings. The van der Waals surface area contributed by atoms with Gasteiger partial charge in [-0.3, -0.25) is 4.79 Å².